The molecule has 0 radical (unpaired) electrons. The van der Waals surface area contributed by atoms with E-state index in [1.54, 1.807) is 7.05 Å². The fourth-order valence-corrected chi connectivity index (χ4v) is 3.96. The molecule has 2 unspecified atom stereocenters. The van der Waals surface area contributed by atoms with Crippen LogP contribution in [0.2, 0.25) is 0 Å². The van der Waals surface area contributed by atoms with E-state index in [-0.39, 0.29) is 11.9 Å². The van der Waals surface area contributed by atoms with Crippen LogP contribution in [0.3, 0.4) is 0 Å². The maximum absolute atomic E-state index is 12.1. The average Bonchev–Trinajstić information content (AvgIpc) is 2.53. The Morgan fingerprint density at radius 2 is 2.29 bits per heavy atom. The van der Waals surface area contributed by atoms with Crippen LogP contribution in [0.5, 0.6) is 0 Å². The highest BCUT2D eigenvalue weighted by Crippen LogP contribution is 2.28. The van der Waals surface area contributed by atoms with Crippen molar-refractivity contribution in [2.75, 3.05) is 26.7 Å². The van der Waals surface area contributed by atoms with Crippen LogP contribution in [0.4, 0.5) is 0 Å². The second kappa shape index (κ2) is 6.46. The highest BCUT2D eigenvalue weighted by Gasteiger charge is 2.34. The highest BCUT2D eigenvalue weighted by atomic mass is 79.9. The van der Waals surface area contributed by atoms with Gasteiger partial charge in [-0.1, -0.05) is 22.0 Å². The molecule has 3 rings (SSSR count). The lowest BCUT2D eigenvalue weighted by atomic mass is 9.86. The largest absolute Gasteiger partial charge is 0.358 e. The lowest BCUT2D eigenvalue weighted by Crippen LogP contribution is -2.61. The normalized spacial score (nSPS) is 26.2. The van der Waals surface area contributed by atoms with Crippen molar-refractivity contribution in [3.05, 3.63) is 33.8 Å². The minimum atomic E-state index is -0.0363. The summed E-state index contributed by atoms with van der Waals surface area (Å²) in [4.78, 5) is 14.5. The van der Waals surface area contributed by atoms with Gasteiger partial charge < -0.3 is 10.6 Å². The molecule has 1 aliphatic heterocycles. The van der Waals surface area contributed by atoms with Crippen molar-refractivity contribution in [2.24, 2.45) is 0 Å². The molecule has 5 heteroatoms. The van der Waals surface area contributed by atoms with Crippen molar-refractivity contribution in [1.82, 2.24) is 15.5 Å². The summed E-state index contributed by atoms with van der Waals surface area (Å²) in [5, 5.41) is 6.14. The van der Waals surface area contributed by atoms with Crippen LogP contribution < -0.4 is 10.6 Å². The lowest BCUT2D eigenvalue weighted by Gasteiger charge is -2.42. The molecule has 0 spiro atoms. The first-order valence-electron chi connectivity index (χ1n) is 7.64. The van der Waals surface area contributed by atoms with E-state index >= 15 is 0 Å². The number of piperazine rings is 1. The summed E-state index contributed by atoms with van der Waals surface area (Å²) in [5.74, 6) is 0.129. The predicted octanol–water partition coefficient (Wildman–Crippen LogP) is 1.33. The summed E-state index contributed by atoms with van der Waals surface area (Å²) >= 11 is 3.55. The Hall–Kier alpha value is -0.910. The molecular formula is C16H22BrN3O. The number of aryl methyl sites for hydroxylation is 1. The summed E-state index contributed by atoms with van der Waals surface area (Å²) in [5.41, 5.74) is 2.89. The Morgan fingerprint density at radius 1 is 1.43 bits per heavy atom. The van der Waals surface area contributed by atoms with Gasteiger partial charge in [0, 0.05) is 37.2 Å². The predicted molar refractivity (Wildman–Crippen MR) is 87.4 cm³/mol. The number of fused-ring (bicyclic) bond motifs is 1. The number of nitrogens with zero attached hydrogens (tertiary/aromatic N) is 1. The quantitative estimate of drug-likeness (QED) is 0.844. The molecule has 1 heterocycles. The van der Waals surface area contributed by atoms with Gasteiger partial charge in [-0.15, -0.1) is 0 Å². The van der Waals surface area contributed by atoms with Crippen LogP contribution in [0, 0.1) is 0 Å². The van der Waals surface area contributed by atoms with E-state index in [0.29, 0.717) is 6.04 Å². The number of halogens is 1. The summed E-state index contributed by atoms with van der Waals surface area (Å²) in [6, 6.07) is 7.02. The number of amides is 1. The third-order valence-corrected chi connectivity index (χ3v) is 5.17. The van der Waals surface area contributed by atoms with Crippen LogP contribution in [0.25, 0.3) is 0 Å². The number of hydrogen-bond donors (Lipinski definition) is 2. The number of nitrogens with one attached hydrogen (secondary N) is 2. The standard InChI is InChI=1S/C16H22BrN3O/c1-18-16(21)15-10-19-6-7-20(15)14-5-3-11-8-13(17)4-2-12(11)9-14/h2,4,8,14-15,19H,3,5-7,9-10H2,1H3,(H,18,21). The van der Waals surface area contributed by atoms with Crippen LogP contribution in [-0.4, -0.2) is 49.6 Å². The second-order valence-corrected chi connectivity index (χ2v) is 6.80. The van der Waals surface area contributed by atoms with E-state index in [0.717, 1.165) is 43.4 Å². The van der Waals surface area contributed by atoms with Gasteiger partial charge in [0.2, 0.25) is 5.91 Å². The topological polar surface area (TPSA) is 44.4 Å². The molecule has 0 bridgehead atoms. The first-order valence-corrected chi connectivity index (χ1v) is 8.43. The van der Waals surface area contributed by atoms with E-state index in [1.165, 1.54) is 11.1 Å². The van der Waals surface area contributed by atoms with Crippen LogP contribution >= 0.6 is 15.9 Å². The third kappa shape index (κ3) is 3.15. The fraction of sp³-hybridized carbons (Fsp3) is 0.562. The summed E-state index contributed by atoms with van der Waals surface area (Å²) in [6.45, 7) is 2.68. The molecular weight excluding hydrogens is 330 g/mol. The molecule has 4 nitrogen and oxygen atoms in total. The van der Waals surface area contributed by atoms with E-state index in [9.17, 15) is 4.79 Å². The molecule has 2 aliphatic rings. The van der Waals surface area contributed by atoms with Crippen molar-refractivity contribution in [1.29, 1.82) is 0 Å². The molecule has 0 saturated carbocycles. The van der Waals surface area contributed by atoms with Crippen molar-refractivity contribution in [2.45, 2.75) is 31.3 Å². The molecule has 114 valence electrons. The van der Waals surface area contributed by atoms with E-state index in [2.05, 4.69) is 49.7 Å². The van der Waals surface area contributed by atoms with Gasteiger partial charge in [-0.05, 0) is 42.5 Å². The first-order chi connectivity index (χ1) is 10.2. The molecule has 2 atom stereocenters. The summed E-state index contributed by atoms with van der Waals surface area (Å²) < 4.78 is 1.16. The molecule has 21 heavy (non-hydrogen) atoms. The van der Waals surface area contributed by atoms with Gasteiger partial charge in [0.05, 0.1) is 0 Å². The number of benzene rings is 1. The van der Waals surface area contributed by atoms with Crippen molar-refractivity contribution in [3.8, 4) is 0 Å². The number of carbonyl (C=O) groups is 1. The zero-order valence-electron chi connectivity index (χ0n) is 12.4. The minimum Gasteiger partial charge on any atom is -0.358 e. The monoisotopic (exact) mass is 351 g/mol. The van der Waals surface area contributed by atoms with Crippen LogP contribution in [0.15, 0.2) is 22.7 Å². The average molecular weight is 352 g/mol. The Bertz CT molecular complexity index is 534. The molecule has 1 amide bonds. The number of hydrogen-bond acceptors (Lipinski definition) is 3. The molecule has 0 aromatic heterocycles. The SMILES string of the molecule is CNC(=O)C1CNCCN1C1CCc2cc(Br)ccc2C1. The van der Waals surface area contributed by atoms with Gasteiger partial charge in [0.1, 0.15) is 6.04 Å². The van der Waals surface area contributed by atoms with Crippen molar-refractivity contribution < 1.29 is 4.79 Å². The Morgan fingerprint density at radius 3 is 3.10 bits per heavy atom. The minimum absolute atomic E-state index is 0.0363. The lowest BCUT2D eigenvalue weighted by molar-refractivity contribution is -0.127. The molecule has 1 aromatic rings. The zero-order valence-corrected chi connectivity index (χ0v) is 13.9. The van der Waals surface area contributed by atoms with Crippen molar-refractivity contribution in [3.63, 3.8) is 0 Å². The maximum Gasteiger partial charge on any atom is 0.238 e. The number of carbonyl (C=O) groups excluding carboxylic acids is 1. The molecule has 1 aliphatic carbocycles. The van der Waals surface area contributed by atoms with Gasteiger partial charge >= 0.3 is 0 Å². The summed E-state index contributed by atoms with van der Waals surface area (Å²) in [6.07, 6.45) is 3.29. The third-order valence-electron chi connectivity index (χ3n) is 4.67. The summed E-state index contributed by atoms with van der Waals surface area (Å²) in [7, 11) is 1.73. The van der Waals surface area contributed by atoms with Crippen LogP contribution in [0.1, 0.15) is 17.5 Å². The van der Waals surface area contributed by atoms with E-state index in [1.807, 2.05) is 0 Å². The highest BCUT2D eigenvalue weighted by molar-refractivity contribution is 9.10. The zero-order chi connectivity index (χ0) is 14.8. The Kier molecular flexibility index (Phi) is 4.62. The van der Waals surface area contributed by atoms with Gasteiger partial charge in [-0.25, -0.2) is 0 Å². The van der Waals surface area contributed by atoms with Gasteiger partial charge in [-0.3, -0.25) is 9.69 Å². The molecule has 2 N–H and O–H groups in total. The molecule has 1 fully saturated rings. The van der Waals surface area contributed by atoms with Gasteiger partial charge in [0.25, 0.3) is 0 Å². The van der Waals surface area contributed by atoms with Crippen molar-refractivity contribution >= 4 is 21.8 Å². The maximum atomic E-state index is 12.1. The van der Waals surface area contributed by atoms with Crippen LogP contribution in [-0.2, 0) is 17.6 Å². The fourth-order valence-electron chi connectivity index (χ4n) is 3.55. The second-order valence-electron chi connectivity index (χ2n) is 5.88. The van der Waals surface area contributed by atoms with E-state index in [4.69, 9.17) is 0 Å². The molecule has 1 saturated heterocycles. The number of likely N-dealkylation sites (N-methyl/N-ethyl adjacent to an activating group) is 1. The van der Waals surface area contributed by atoms with E-state index < -0.39 is 0 Å². The first kappa shape index (κ1) is 15.0. The Balaban J connectivity index is 1.77. The molecule has 1 aromatic carbocycles. The smallest absolute Gasteiger partial charge is 0.238 e. The number of rotatable bonds is 2. The van der Waals surface area contributed by atoms with Gasteiger partial charge in [0.15, 0.2) is 0 Å². The Labute approximate surface area is 134 Å². The van der Waals surface area contributed by atoms with Gasteiger partial charge in [-0.2, -0.15) is 0 Å².